The molecule has 3 aromatic rings. The van der Waals surface area contributed by atoms with Gasteiger partial charge in [-0.1, -0.05) is 12.1 Å². The lowest BCUT2D eigenvalue weighted by Gasteiger charge is -2.11. The molecule has 0 bridgehead atoms. The number of hydrogen-bond donors (Lipinski definition) is 1. The fourth-order valence-corrected chi connectivity index (χ4v) is 2.67. The number of rotatable bonds is 3. The van der Waals surface area contributed by atoms with Crippen molar-refractivity contribution in [3.63, 3.8) is 0 Å². The SMILES string of the molecule is Cc1cc2ncn(CC(=O)Nc3cccc(C)c3C)c2cc1C. The summed E-state index contributed by atoms with van der Waals surface area (Å²) >= 11 is 0. The van der Waals surface area contributed by atoms with Crippen molar-refractivity contribution in [2.45, 2.75) is 34.2 Å². The molecule has 1 heterocycles. The predicted octanol–water partition coefficient (Wildman–Crippen LogP) is 3.91. The molecule has 118 valence electrons. The van der Waals surface area contributed by atoms with Crippen LogP contribution >= 0.6 is 0 Å². The summed E-state index contributed by atoms with van der Waals surface area (Å²) in [5, 5.41) is 2.99. The molecule has 1 aromatic heterocycles. The minimum Gasteiger partial charge on any atom is -0.324 e. The van der Waals surface area contributed by atoms with Crippen LogP contribution in [0, 0.1) is 27.7 Å². The third-order valence-electron chi connectivity index (χ3n) is 4.43. The van der Waals surface area contributed by atoms with Gasteiger partial charge < -0.3 is 9.88 Å². The molecule has 0 radical (unpaired) electrons. The fourth-order valence-electron chi connectivity index (χ4n) is 2.67. The fraction of sp³-hybridized carbons (Fsp3) is 0.263. The highest BCUT2D eigenvalue weighted by Crippen LogP contribution is 2.20. The van der Waals surface area contributed by atoms with E-state index in [0.717, 1.165) is 22.3 Å². The Kier molecular flexibility index (Phi) is 3.90. The predicted molar refractivity (Wildman–Crippen MR) is 93.8 cm³/mol. The zero-order chi connectivity index (χ0) is 16.6. The van der Waals surface area contributed by atoms with Crippen molar-refractivity contribution in [1.82, 2.24) is 9.55 Å². The molecule has 0 saturated heterocycles. The number of aryl methyl sites for hydroxylation is 3. The summed E-state index contributed by atoms with van der Waals surface area (Å²) < 4.78 is 1.89. The lowest BCUT2D eigenvalue weighted by molar-refractivity contribution is -0.116. The minimum absolute atomic E-state index is 0.0452. The summed E-state index contributed by atoms with van der Waals surface area (Å²) in [6.45, 7) is 8.46. The number of carbonyl (C=O) groups excluding carboxylic acids is 1. The van der Waals surface area contributed by atoms with Gasteiger partial charge in [-0.3, -0.25) is 4.79 Å². The lowest BCUT2D eigenvalue weighted by Crippen LogP contribution is -2.19. The second-order valence-electron chi connectivity index (χ2n) is 6.09. The largest absolute Gasteiger partial charge is 0.324 e. The molecule has 0 fully saturated rings. The van der Waals surface area contributed by atoms with Crippen LogP contribution < -0.4 is 5.32 Å². The molecule has 4 nitrogen and oxygen atoms in total. The molecule has 0 aliphatic heterocycles. The number of carbonyl (C=O) groups is 1. The zero-order valence-corrected chi connectivity index (χ0v) is 14.0. The molecule has 23 heavy (non-hydrogen) atoms. The molecule has 4 heteroatoms. The van der Waals surface area contributed by atoms with E-state index in [1.165, 1.54) is 16.7 Å². The maximum Gasteiger partial charge on any atom is 0.244 e. The number of hydrogen-bond acceptors (Lipinski definition) is 2. The van der Waals surface area contributed by atoms with E-state index in [1.807, 2.05) is 36.6 Å². The molecule has 1 amide bonds. The van der Waals surface area contributed by atoms with Crippen LogP contribution in [0.2, 0.25) is 0 Å². The normalized spacial score (nSPS) is 11.0. The van der Waals surface area contributed by atoms with E-state index in [0.29, 0.717) is 0 Å². The Morgan fingerprint density at radius 2 is 1.83 bits per heavy atom. The second kappa shape index (κ2) is 5.88. The summed E-state index contributed by atoms with van der Waals surface area (Å²) in [7, 11) is 0. The first kappa shape index (κ1) is 15.3. The third-order valence-corrected chi connectivity index (χ3v) is 4.43. The summed E-state index contributed by atoms with van der Waals surface area (Å²) in [6.07, 6.45) is 1.73. The molecule has 3 rings (SSSR count). The quantitative estimate of drug-likeness (QED) is 0.797. The van der Waals surface area contributed by atoms with Crippen molar-refractivity contribution in [2.75, 3.05) is 5.32 Å². The van der Waals surface area contributed by atoms with Crippen LogP contribution in [0.15, 0.2) is 36.7 Å². The number of amides is 1. The number of aromatic nitrogens is 2. The Balaban J connectivity index is 1.83. The molecule has 0 saturated carbocycles. The first-order chi connectivity index (χ1) is 11.0. The highest BCUT2D eigenvalue weighted by Gasteiger charge is 2.10. The minimum atomic E-state index is -0.0452. The molecular formula is C19H21N3O. The van der Waals surface area contributed by atoms with Crippen LogP contribution in [0.4, 0.5) is 5.69 Å². The molecule has 0 atom stereocenters. The smallest absolute Gasteiger partial charge is 0.244 e. The van der Waals surface area contributed by atoms with Gasteiger partial charge >= 0.3 is 0 Å². The standard InChI is InChI=1S/C19H21N3O/c1-12-6-5-7-16(15(12)4)21-19(23)10-22-11-20-17-8-13(2)14(3)9-18(17)22/h5-9,11H,10H2,1-4H3,(H,21,23). The number of nitrogens with one attached hydrogen (secondary N) is 1. The Hall–Kier alpha value is -2.62. The van der Waals surface area contributed by atoms with E-state index >= 15 is 0 Å². The number of benzene rings is 2. The topological polar surface area (TPSA) is 46.9 Å². The van der Waals surface area contributed by atoms with E-state index in [1.54, 1.807) is 6.33 Å². The molecule has 0 aliphatic rings. The van der Waals surface area contributed by atoms with Gasteiger partial charge in [0.25, 0.3) is 0 Å². The van der Waals surface area contributed by atoms with Gasteiger partial charge in [-0.2, -0.15) is 0 Å². The van der Waals surface area contributed by atoms with Crippen LogP contribution in [0.25, 0.3) is 11.0 Å². The molecule has 2 aromatic carbocycles. The summed E-state index contributed by atoms with van der Waals surface area (Å²) in [4.78, 5) is 16.8. The monoisotopic (exact) mass is 307 g/mol. The van der Waals surface area contributed by atoms with Crippen molar-refractivity contribution < 1.29 is 4.79 Å². The molecule has 0 unspecified atom stereocenters. The van der Waals surface area contributed by atoms with Gasteiger partial charge in [0, 0.05) is 5.69 Å². The van der Waals surface area contributed by atoms with Crippen LogP contribution in [-0.4, -0.2) is 15.5 Å². The lowest BCUT2D eigenvalue weighted by atomic mass is 10.1. The first-order valence-corrected chi connectivity index (χ1v) is 7.74. The van der Waals surface area contributed by atoms with Crippen molar-refractivity contribution in [3.8, 4) is 0 Å². The number of nitrogens with zero attached hydrogens (tertiary/aromatic N) is 2. The Morgan fingerprint density at radius 1 is 1.09 bits per heavy atom. The van der Waals surface area contributed by atoms with Crippen molar-refractivity contribution in [3.05, 3.63) is 58.9 Å². The van der Waals surface area contributed by atoms with Gasteiger partial charge in [0.1, 0.15) is 6.54 Å². The van der Waals surface area contributed by atoms with Crippen LogP contribution in [0.5, 0.6) is 0 Å². The van der Waals surface area contributed by atoms with E-state index in [4.69, 9.17) is 0 Å². The van der Waals surface area contributed by atoms with Gasteiger partial charge in [0.2, 0.25) is 5.91 Å². The van der Waals surface area contributed by atoms with Crippen LogP contribution in [0.1, 0.15) is 22.3 Å². The summed E-state index contributed by atoms with van der Waals surface area (Å²) in [5.41, 5.74) is 7.46. The molecule has 0 spiro atoms. The van der Waals surface area contributed by atoms with Gasteiger partial charge in [0.15, 0.2) is 0 Å². The van der Waals surface area contributed by atoms with Crippen molar-refractivity contribution in [1.29, 1.82) is 0 Å². The maximum absolute atomic E-state index is 12.4. The average Bonchev–Trinajstić information content (AvgIpc) is 2.86. The molecular weight excluding hydrogens is 286 g/mol. The zero-order valence-electron chi connectivity index (χ0n) is 14.0. The summed E-state index contributed by atoms with van der Waals surface area (Å²) in [6, 6.07) is 10.1. The third kappa shape index (κ3) is 2.97. The molecule has 1 N–H and O–H groups in total. The van der Waals surface area contributed by atoms with E-state index < -0.39 is 0 Å². The number of fused-ring (bicyclic) bond motifs is 1. The molecule has 0 aliphatic carbocycles. The van der Waals surface area contributed by atoms with Crippen molar-refractivity contribution in [2.24, 2.45) is 0 Å². The second-order valence-corrected chi connectivity index (χ2v) is 6.09. The average molecular weight is 307 g/mol. The van der Waals surface area contributed by atoms with Gasteiger partial charge in [-0.25, -0.2) is 4.98 Å². The Bertz CT molecular complexity index is 893. The maximum atomic E-state index is 12.4. The van der Waals surface area contributed by atoms with E-state index in [9.17, 15) is 4.79 Å². The highest BCUT2D eigenvalue weighted by atomic mass is 16.1. The first-order valence-electron chi connectivity index (χ1n) is 7.74. The Morgan fingerprint density at radius 3 is 2.61 bits per heavy atom. The van der Waals surface area contributed by atoms with Crippen molar-refractivity contribution >= 4 is 22.6 Å². The van der Waals surface area contributed by atoms with E-state index in [2.05, 4.69) is 36.3 Å². The van der Waals surface area contributed by atoms with Gasteiger partial charge in [0.05, 0.1) is 17.4 Å². The van der Waals surface area contributed by atoms with Gasteiger partial charge in [-0.15, -0.1) is 0 Å². The van der Waals surface area contributed by atoms with Crippen LogP contribution in [0.3, 0.4) is 0 Å². The van der Waals surface area contributed by atoms with E-state index in [-0.39, 0.29) is 12.5 Å². The van der Waals surface area contributed by atoms with Crippen LogP contribution in [-0.2, 0) is 11.3 Å². The Labute approximate surface area is 136 Å². The number of imidazole rings is 1. The summed E-state index contributed by atoms with van der Waals surface area (Å²) in [5.74, 6) is -0.0452. The highest BCUT2D eigenvalue weighted by molar-refractivity contribution is 5.92. The van der Waals surface area contributed by atoms with Gasteiger partial charge in [-0.05, 0) is 68.1 Å². The number of anilines is 1.